The zero-order valence-corrected chi connectivity index (χ0v) is 9.88. The van der Waals surface area contributed by atoms with Gasteiger partial charge in [-0.05, 0) is 42.8 Å². The molecule has 0 atom stereocenters. The van der Waals surface area contributed by atoms with E-state index in [1.807, 2.05) is 31.2 Å². The van der Waals surface area contributed by atoms with Gasteiger partial charge in [-0.15, -0.1) is 0 Å². The molecule has 3 aromatic rings. The summed E-state index contributed by atoms with van der Waals surface area (Å²) >= 11 is 0. The summed E-state index contributed by atoms with van der Waals surface area (Å²) in [5, 5.41) is 0.951. The van der Waals surface area contributed by atoms with Crippen LogP contribution in [0.2, 0.25) is 0 Å². The molecule has 0 aliphatic heterocycles. The second kappa shape index (κ2) is 4.11. The van der Waals surface area contributed by atoms with Gasteiger partial charge in [-0.1, -0.05) is 6.07 Å². The number of carbonyl (C=O) groups excluding carboxylic acids is 1. The van der Waals surface area contributed by atoms with Crippen molar-refractivity contribution in [2.24, 2.45) is 0 Å². The molecule has 88 valence electrons. The summed E-state index contributed by atoms with van der Waals surface area (Å²) < 4.78 is 5.23. The predicted octanol–water partition coefficient (Wildman–Crippen LogP) is 3.37. The summed E-state index contributed by atoms with van der Waals surface area (Å²) in [6.07, 6.45) is 3.27. The van der Waals surface area contributed by atoms with Crippen LogP contribution >= 0.6 is 0 Å². The lowest BCUT2D eigenvalue weighted by Crippen LogP contribution is -2.01. The van der Waals surface area contributed by atoms with Gasteiger partial charge in [-0.2, -0.15) is 0 Å². The van der Waals surface area contributed by atoms with Crippen LogP contribution < -0.4 is 0 Å². The van der Waals surface area contributed by atoms with Crippen LogP contribution in [-0.2, 0) is 0 Å². The van der Waals surface area contributed by atoms with E-state index in [-0.39, 0.29) is 5.78 Å². The molecule has 0 N–H and O–H groups in total. The molecule has 0 saturated carbocycles. The molecule has 0 saturated heterocycles. The van der Waals surface area contributed by atoms with Crippen LogP contribution in [0.1, 0.15) is 21.7 Å². The fourth-order valence-electron chi connectivity index (χ4n) is 1.95. The van der Waals surface area contributed by atoms with Gasteiger partial charge in [0.2, 0.25) is 5.78 Å². The first kappa shape index (κ1) is 10.7. The summed E-state index contributed by atoms with van der Waals surface area (Å²) in [7, 11) is 0. The number of benzene rings is 1. The number of fused-ring (bicyclic) bond motifs is 1. The highest BCUT2D eigenvalue weighted by atomic mass is 16.3. The number of aromatic nitrogens is 1. The average Bonchev–Trinajstić information content (AvgIpc) is 2.83. The van der Waals surface area contributed by atoms with Crippen LogP contribution in [-0.4, -0.2) is 10.8 Å². The highest BCUT2D eigenvalue weighted by molar-refractivity contribution is 6.09. The zero-order valence-electron chi connectivity index (χ0n) is 9.88. The van der Waals surface area contributed by atoms with E-state index in [1.165, 1.54) is 6.26 Å². The van der Waals surface area contributed by atoms with E-state index in [9.17, 15) is 4.79 Å². The van der Waals surface area contributed by atoms with E-state index in [0.29, 0.717) is 11.3 Å². The third kappa shape index (κ3) is 1.70. The molecule has 0 fully saturated rings. The summed E-state index contributed by atoms with van der Waals surface area (Å²) in [5.41, 5.74) is 2.35. The predicted molar refractivity (Wildman–Crippen MR) is 68.6 cm³/mol. The molecule has 3 nitrogen and oxygen atoms in total. The number of pyridine rings is 1. The first-order valence-corrected chi connectivity index (χ1v) is 5.69. The van der Waals surface area contributed by atoms with Crippen molar-refractivity contribution in [2.45, 2.75) is 6.92 Å². The van der Waals surface area contributed by atoms with Crippen LogP contribution in [0.3, 0.4) is 0 Å². The number of carbonyl (C=O) groups is 1. The molecule has 2 aromatic heterocycles. The SMILES string of the molecule is Cc1ccoc1C(=O)c1ccc2ncccc2c1. The maximum Gasteiger partial charge on any atom is 0.228 e. The largest absolute Gasteiger partial charge is 0.461 e. The number of ketones is 1. The summed E-state index contributed by atoms with van der Waals surface area (Å²) in [5.74, 6) is 0.307. The van der Waals surface area contributed by atoms with Crippen molar-refractivity contribution in [1.82, 2.24) is 4.98 Å². The lowest BCUT2D eigenvalue weighted by molar-refractivity contribution is 0.101. The van der Waals surface area contributed by atoms with Crippen molar-refractivity contribution >= 4 is 16.7 Å². The molecular formula is C15H11NO2. The van der Waals surface area contributed by atoms with Crippen LogP contribution in [0.5, 0.6) is 0 Å². The van der Waals surface area contributed by atoms with Gasteiger partial charge < -0.3 is 4.42 Å². The average molecular weight is 237 g/mol. The van der Waals surface area contributed by atoms with E-state index in [1.54, 1.807) is 18.3 Å². The van der Waals surface area contributed by atoms with Crippen LogP contribution in [0.15, 0.2) is 53.3 Å². The number of hydrogen-bond acceptors (Lipinski definition) is 3. The maximum atomic E-state index is 12.3. The molecule has 0 aliphatic carbocycles. The number of nitrogens with zero attached hydrogens (tertiary/aromatic N) is 1. The molecule has 0 unspecified atom stereocenters. The Morgan fingerprint density at radius 3 is 2.89 bits per heavy atom. The van der Waals surface area contributed by atoms with Crippen molar-refractivity contribution < 1.29 is 9.21 Å². The molecule has 0 bridgehead atoms. The molecule has 0 radical (unpaired) electrons. The van der Waals surface area contributed by atoms with Crippen LogP contribution in [0.4, 0.5) is 0 Å². The quantitative estimate of drug-likeness (QED) is 0.642. The molecule has 0 spiro atoms. The second-order valence-electron chi connectivity index (χ2n) is 4.17. The lowest BCUT2D eigenvalue weighted by Gasteiger charge is -2.01. The topological polar surface area (TPSA) is 43.1 Å². The van der Waals surface area contributed by atoms with E-state index in [2.05, 4.69) is 4.98 Å². The van der Waals surface area contributed by atoms with E-state index in [0.717, 1.165) is 16.5 Å². The zero-order chi connectivity index (χ0) is 12.5. The standard InChI is InChI=1S/C15H11NO2/c1-10-6-8-18-15(10)14(17)12-4-5-13-11(9-12)3-2-7-16-13/h2-9H,1H3. The summed E-state index contributed by atoms with van der Waals surface area (Å²) in [4.78, 5) is 16.5. The summed E-state index contributed by atoms with van der Waals surface area (Å²) in [6, 6.07) is 11.0. The van der Waals surface area contributed by atoms with Gasteiger partial charge in [0.1, 0.15) is 0 Å². The minimum Gasteiger partial charge on any atom is -0.461 e. The monoisotopic (exact) mass is 237 g/mol. The van der Waals surface area contributed by atoms with Crippen LogP contribution in [0.25, 0.3) is 10.9 Å². The van der Waals surface area contributed by atoms with E-state index < -0.39 is 0 Å². The third-order valence-corrected chi connectivity index (χ3v) is 2.93. The van der Waals surface area contributed by atoms with E-state index >= 15 is 0 Å². The Balaban J connectivity index is 2.10. The van der Waals surface area contributed by atoms with Gasteiger partial charge >= 0.3 is 0 Å². The molecule has 3 rings (SSSR count). The van der Waals surface area contributed by atoms with Crippen LogP contribution in [0, 0.1) is 6.92 Å². The molecule has 3 heteroatoms. The van der Waals surface area contributed by atoms with Gasteiger partial charge in [0.15, 0.2) is 5.76 Å². The Kier molecular flexibility index (Phi) is 2.45. The third-order valence-electron chi connectivity index (χ3n) is 2.93. The molecular weight excluding hydrogens is 226 g/mol. The molecule has 0 amide bonds. The Hall–Kier alpha value is -2.42. The Morgan fingerprint density at radius 1 is 1.22 bits per heavy atom. The highest BCUT2D eigenvalue weighted by Crippen LogP contribution is 2.18. The normalized spacial score (nSPS) is 10.7. The van der Waals surface area contributed by atoms with Crippen molar-refractivity contribution in [2.75, 3.05) is 0 Å². The molecule has 0 aliphatic rings. The van der Waals surface area contributed by atoms with Gasteiger partial charge in [0, 0.05) is 17.1 Å². The minimum absolute atomic E-state index is 0.0942. The fourth-order valence-corrected chi connectivity index (χ4v) is 1.95. The van der Waals surface area contributed by atoms with Crippen molar-refractivity contribution in [3.63, 3.8) is 0 Å². The lowest BCUT2D eigenvalue weighted by atomic mass is 10.0. The second-order valence-corrected chi connectivity index (χ2v) is 4.17. The van der Waals surface area contributed by atoms with Gasteiger partial charge in [-0.3, -0.25) is 9.78 Å². The minimum atomic E-state index is -0.0942. The number of furan rings is 1. The first-order valence-electron chi connectivity index (χ1n) is 5.69. The summed E-state index contributed by atoms with van der Waals surface area (Å²) in [6.45, 7) is 1.86. The Labute approximate surface area is 104 Å². The molecule has 2 heterocycles. The first-order chi connectivity index (χ1) is 8.75. The smallest absolute Gasteiger partial charge is 0.228 e. The van der Waals surface area contributed by atoms with E-state index in [4.69, 9.17) is 4.42 Å². The fraction of sp³-hybridized carbons (Fsp3) is 0.0667. The highest BCUT2D eigenvalue weighted by Gasteiger charge is 2.15. The molecule has 18 heavy (non-hydrogen) atoms. The van der Waals surface area contributed by atoms with Gasteiger partial charge in [-0.25, -0.2) is 0 Å². The Bertz CT molecular complexity index is 728. The number of hydrogen-bond donors (Lipinski definition) is 0. The van der Waals surface area contributed by atoms with Crippen molar-refractivity contribution in [3.8, 4) is 0 Å². The molecule has 1 aromatic carbocycles. The van der Waals surface area contributed by atoms with Gasteiger partial charge in [0.05, 0.1) is 11.8 Å². The number of aryl methyl sites for hydroxylation is 1. The van der Waals surface area contributed by atoms with Crippen molar-refractivity contribution in [3.05, 3.63) is 65.7 Å². The maximum absolute atomic E-state index is 12.3. The van der Waals surface area contributed by atoms with Gasteiger partial charge in [0.25, 0.3) is 0 Å². The number of rotatable bonds is 2. The Morgan fingerprint density at radius 2 is 2.11 bits per heavy atom. The van der Waals surface area contributed by atoms with Crippen molar-refractivity contribution in [1.29, 1.82) is 0 Å².